The molecule has 144 valence electrons. The minimum atomic E-state index is -3.24. The van der Waals surface area contributed by atoms with Gasteiger partial charge in [0.1, 0.15) is 11.6 Å². The summed E-state index contributed by atoms with van der Waals surface area (Å²) in [6, 6.07) is 16.6. The minimum absolute atomic E-state index is 0.120. The molecule has 0 saturated heterocycles. The number of aromatic nitrogens is 2. The van der Waals surface area contributed by atoms with Crippen LogP contribution in [0.2, 0.25) is 0 Å². The van der Waals surface area contributed by atoms with Crippen molar-refractivity contribution in [3.63, 3.8) is 0 Å². The average molecular weight is 397 g/mol. The predicted octanol–water partition coefficient (Wildman–Crippen LogP) is 2.63. The summed E-state index contributed by atoms with van der Waals surface area (Å²) in [5.74, 6) is 0.316. The van der Waals surface area contributed by atoms with Crippen molar-refractivity contribution >= 4 is 21.6 Å². The number of amides is 1. The van der Waals surface area contributed by atoms with Crippen molar-refractivity contribution in [3.8, 4) is 11.4 Å². The molecule has 0 bridgehead atoms. The molecule has 0 saturated carbocycles. The first-order valence-electron chi connectivity index (χ1n) is 8.77. The highest BCUT2D eigenvalue weighted by molar-refractivity contribution is 7.90. The van der Waals surface area contributed by atoms with Crippen LogP contribution in [0, 0.1) is 6.92 Å². The second-order valence-corrected chi connectivity index (χ2v) is 8.77. The molecule has 7 nitrogen and oxygen atoms in total. The van der Waals surface area contributed by atoms with Gasteiger partial charge in [0.2, 0.25) is 0 Å². The maximum atomic E-state index is 12.5. The van der Waals surface area contributed by atoms with E-state index in [9.17, 15) is 13.2 Å². The Labute approximate surface area is 162 Å². The number of hydrogen-bond acceptors (Lipinski definition) is 5. The van der Waals surface area contributed by atoms with E-state index in [4.69, 9.17) is 4.74 Å². The number of carbonyl (C=O) groups excluding carboxylic acids is 1. The lowest BCUT2D eigenvalue weighted by molar-refractivity contribution is -0.118. The molecule has 1 aliphatic rings. The molecule has 2 heterocycles. The Kier molecular flexibility index (Phi) is 4.64. The molecule has 2 aromatic carbocycles. The van der Waals surface area contributed by atoms with Crippen LogP contribution in [0.3, 0.4) is 0 Å². The Hall–Kier alpha value is -3.13. The first-order chi connectivity index (χ1) is 13.4. The van der Waals surface area contributed by atoms with Gasteiger partial charge in [0.05, 0.1) is 22.9 Å². The van der Waals surface area contributed by atoms with Crippen molar-refractivity contribution in [3.05, 3.63) is 71.4 Å². The number of sulfone groups is 1. The molecular weight excluding hydrogens is 378 g/mol. The van der Waals surface area contributed by atoms with Gasteiger partial charge in [-0.2, -0.15) is 5.10 Å². The molecule has 0 atom stereocenters. The van der Waals surface area contributed by atoms with E-state index < -0.39 is 9.84 Å². The van der Waals surface area contributed by atoms with Gasteiger partial charge in [-0.3, -0.25) is 4.79 Å². The number of nitrogens with one attached hydrogen (secondary N) is 1. The molecule has 1 aliphatic heterocycles. The average Bonchev–Trinajstić information content (AvgIpc) is 3.14. The molecular formula is C20H19N3O4S. The summed E-state index contributed by atoms with van der Waals surface area (Å²) in [6.07, 6.45) is 0. The Bertz CT molecular complexity index is 1120. The Morgan fingerprint density at radius 3 is 2.54 bits per heavy atom. The third-order valence-electron chi connectivity index (χ3n) is 4.44. The van der Waals surface area contributed by atoms with E-state index in [-0.39, 0.29) is 24.0 Å². The van der Waals surface area contributed by atoms with Gasteiger partial charge in [-0.05, 0) is 31.2 Å². The van der Waals surface area contributed by atoms with Crippen molar-refractivity contribution in [2.45, 2.75) is 18.4 Å². The maximum Gasteiger partial charge on any atom is 0.263 e. The standard InChI is InChI=1S/C20H19N3O4S/c1-14-7-9-15(10-8-14)23-20(17-12-28(25,26)13-18(17)22-23)21-19(24)11-27-16-5-3-2-4-6-16/h2-10H,11-13H2,1H3,(H,21,24). The van der Waals surface area contributed by atoms with Crippen LogP contribution < -0.4 is 10.1 Å². The predicted molar refractivity (Wildman–Crippen MR) is 105 cm³/mol. The number of aryl methyl sites for hydroxylation is 1. The number of nitrogens with zero attached hydrogens (tertiary/aromatic N) is 2. The number of anilines is 1. The fourth-order valence-electron chi connectivity index (χ4n) is 3.08. The number of hydrogen-bond donors (Lipinski definition) is 1. The zero-order chi connectivity index (χ0) is 19.7. The van der Waals surface area contributed by atoms with Gasteiger partial charge in [-0.15, -0.1) is 0 Å². The smallest absolute Gasteiger partial charge is 0.263 e. The van der Waals surface area contributed by atoms with Crippen molar-refractivity contribution in [2.24, 2.45) is 0 Å². The van der Waals surface area contributed by atoms with Crippen LogP contribution in [0.4, 0.5) is 5.82 Å². The molecule has 1 N–H and O–H groups in total. The van der Waals surface area contributed by atoms with Gasteiger partial charge in [0.25, 0.3) is 5.91 Å². The molecule has 8 heteroatoms. The number of para-hydroxylation sites is 1. The summed E-state index contributed by atoms with van der Waals surface area (Å²) >= 11 is 0. The van der Waals surface area contributed by atoms with E-state index >= 15 is 0 Å². The van der Waals surface area contributed by atoms with Gasteiger partial charge in [0, 0.05) is 5.56 Å². The monoisotopic (exact) mass is 397 g/mol. The molecule has 0 unspecified atom stereocenters. The summed E-state index contributed by atoms with van der Waals surface area (Å²) in [7, 11) is -3.24. The molecule has 4 rings (SSSR count). The largest absolute Gasteiger partial charge is 0.484 e. The number of fused-ring (bicyclic) bond motifs is 1. The highest BCUT2D eigenvalue weighted by Crippen LogP contribution is 2.33. The van der Waals surface area contributed by atoms with Crippen LogP contribution in [0.1, 0.15) is 16.8 Å². The molecule has 0 aliphatic carbocycles. The number of carbonyl (C=O) groups is 1. The molecule has 0 fully saturated rings. The Balaban J connectivity index is 1.61. The summed E-state index contributed by atoms with van der Waals surface area (Å²) in [5.41, 5.74) is 2.85. The summed E-state index contributed by atoms with van der Waals surface area (Å²) in [6.45, 7) is 1.79. The molecule has 1 aromatic heterocycles. The second-order valence-electron chi connectivity index (χ2n) is 6.70. The quantitative estimate of drug-likeness (QED) is 0.715. The summed E-state index contributed by atoms with van der Waals surface area (Å²) < 4.78 is 31.1. The zero-order valence-corrected chi connectivity index (χ0v) is 16.1. The van der Waals surface area contributed by atoms with Gasteiger partial charge < -0.3 is 10.1 Å². The van der Waals surface area contributed by atoms with Crippen LogP contribution >= 0.6 is 0 Å². The molecule has 28 heavy (non-hydrogen) atoms. The number of rotatable bonds is 5. The SMILES string of the molecule is Cc1ccc(-n2nc3c(c2NC(=O)COc2ccccc2)CS(=O)(=O)C3)cc1. The lowest BCUT2D eigenvalue weighted by Crippen LogP contribution is -2.22. The minimum Gasteiger partial charge on any atom is -0.484 e. The third-order valence-corrected chi connectivity index (χ3v) is 5.88. The first-order valence-corrected chi connectivity index (χ1v) is 10.6. The second kappa shape index (κ2) is 7.12. The van der Waals surface area contributed by atoms with E-state index in [2.05, 4.69) is 10.4 Å². The zero-order valence-electron chi connectivity index (χ0n) is 15.3. The van der Waals surface area contributed by atoms with Crippen molar-refractivity contribution in [2.75, 3.05) is 11.9 Å². The van der Waals surface area contributed by atoms with E-state index in [1.54, 1.807) is 16.8 Å². The maximum absolute atomic E-state index is 12.5. The third kappa shape index (κ3) is 3.77. The van der Waals surface area contributed by atoms with Crippen LogP contribution in [-0.4, -0.2) is 30.7 Å². The van der Waals surface area contributed by atoms with E-state index in [0.717, 1.165) is 11.3 Å². The van der Waals surface area contributed by atoms with Gasteiger partial charge in [-0.1, -0.05) is 35.9 Å². The molecule has 0 radical (unpaired) electrons. The molecule has 1 amide bonds. The Morgan fingerprint density at radius 1 is 1.11 bits per heavy atom. The Morgan fingerprint density at radius 2 is 1.82 bits per heavy atom. The highest BCUT2D eigenvalue weighted by atomic mass is 32.2. The van der Waals surface area contributed by atoms with E-state index in [1.165, 1.54) is 0 Å². The van der Waals surface area contributed by atoms with Crippen LogP contribution in [-0.2, 0) is 26.1 Å². The van der Waals surface area contributed by atoms with Gasteiger partial charge in [-0.25, -0.2) is 13.1 Å². The van der Waals surface area contributed by atoms with Gasteiger partial charge >= 0.3 is 0 Å². The van der Waals surface area contributed by atoms with Crippen LogP contribution in [0.15, 0.2) is 54.6 Å². The number of benzene rings is 2. The van der Waals surface area contributed by atoms with Crippen LogP contribution in [0.25, 0.3) is 5.69 Å². The van der Waals surface area contributed by atoms with E-state index in [0.29, 0.717) is 22.8 Å². The lowest BCUT2D eigenvalue weighted by Gasteiger charge is -2.12. The highest BCUT2D eigenvalue weighted by Gasteiger charge is 2.33. The van der Waals surface area contributed by atoms with Crippen LogP contribution in [0.5, 0.6) is 5.75 Å². The summed E-state index contributed by atoms with van der Waals surface area (Å²) in [4.78, 5) is 12.5. The summed E-state index contributed by atoms with van der Waals surface area (Å²) in [5, 5.41) is 7.22. The molecule has 0 spiro atoms. The fourth-order valence-corrected chi connectivity index (χ4v) is 4.57. The van der Waals surface area contributed by atoms with Gasteiger partial charge in [0.15, 0.2) is 16.4 Å². The first kappa shape index (κ1) is 18.2. The van der Waals surface area contributed by atoms with Crippen molar-refractivity contribution in [1.29, 1.82) is 0 Å². The van der Waals surface area contributed by atoms with E-state index in [1.807, 2.05) is 49.4 Å². The van der Waals surface area contributed by atoms with Crippen molar-refractivity contribution in [1.82, 2.24) is 9.78 Å². The topological polar surface area (TPSA) is 90.3 Å². The number of ether oxygens (including phenoxy) is 1. The normalized spacial score (nSPS) is 14.5. The lowest BCUT2D eigenvalue weighted by atomic mass is 10.2. The fraction of sp³-hybridized carbons (Fsp3) is 0.200. The molecule has 3 aromatic rings. The van der Waals surface area contributed by atoms with Crippen molar-refractivity contribution < 1.29 is 17.9 Å².